The van der Waals surface area contributed by atoms with Crippen LogP contribution in [-0.4, -0.2) is 33.3 Å². The SMILES string of the molecule is CC(CCNC(=O)Cn1[nH]c(=O)ccc1=O)C(=O)O. The fraction of sp³-hybridized carbons (Fsp3) is 0.455. The van der Waals surface area contributed by atoms with E-state index in [2.05, 4.69) is 10.4 Å². The molecule has 1 aromatic rings. The van der Waals surface area contributed by atoms with Gasteiger partial charge in [0.05, 0.1) is 5.92 Å². The van der Waals surface area contributed by atoms with Crippen molar-refractivity contribution in [3.05, 3.63) is 32.8 Å². The van der Waals surface area contributed by atoms with Crippen molar-refractivity contribution in [1.82, 2.24) is 15.1 Å². The van der Waals surface area contributed by atoms with Gasteiger partial charge in [0, 0.05) is 18.7 Å². The number of hydrogen-bond donors (Lipinski definition) is 3. The van der Waals surface area contributed by atoms with Gasteiger partial charge in [0.15, 0.2) is 0 Å². The highest BCUT2D eigenvalue weighted by molar-refractivity contribution is 5.75. The van der Waals surface area contributed by atoms with Crippen LogP contribution < -0.4 is 16.4 Å². The highest BCUT2D eigenvalue weighted by Gasteiger charge is 2.11. The second-order valence-electron chi connectivity index (χ2n) is 4.11. The van der Waals surface area contributed by atoms with Gasteiger partial charge in [-0.25, -0.2) is 4.68 Å². The largest absolute Gasteiger partial charge is 0.481 e. The molecular formula is C11H15N3O5. The minimum Gasteiger partial charge on any atom is -0.481 e. The molecule has 1 atom stereocenters. The minimum absolute atomic E-state index is 0.193. The Labute approximate surface area is 108 Å². The summed E-state index contributed by atoms with van der Waals surface area (Å²) < 4.78 is 0.887. The second-order valence-corrected chi connectivity index (χ2v) is 4.11. The van der Waals surface area contributed by atoms with Gasteiger partial charge in [-0.1, -0.05) is 6.92 Å². The highest BCUT2D eigenvalue weighted by atomic mass is 16.4. The molecule has 0 bridgehead atoms. The van der Waals surface area contributed by atoms with Gasteiger partial charge in [0.25, 0.3) is 11.1 Å². The zero-order chi connectivity index (χ0) is 14.4. The van der Waals surface area contributed by atoms with Gasteiger partial charge in [0.2, 0.25) is 5.91 Å². The minimum atomic E-state index is -0.933. The van der Waals surface area contributed by atoms with E-state index in [4.69, 9.17) is 5.11 Å². The fourth-order valence-electron chi connectivity index (χ4n) is 1.33. The summed E-state index contributed by atoms with van der Waals surface area (Å²) in [5.74, 6) is -1.96. The molecular weight excluding hydrogens is 254 g/mol. The lowest BCUT2D eigenvalue weighted by Gasteiger charge is -2.08. The van der Waals surface area contributed by atoms with Crippen molar-refractivity contribution in [2.24, 2.45) is 5.92 Å². The Kier molecular flexibility index (Phi) is 5.04. The first-order valence-electron chi connectivity index (χ1n) is 5.70. The van der Waals surface area contributed by atoms with E-state index in [-0.39, 0.29) is 13.1 Å². The van der Waals surface area contributed by atoms with Crippen LogP contribution in [0.2, 0.25) is 0 Å². The van der Waals surface area contributed by atoms with Gasteiger partial charge in [-0.05, 0) is 6.42 Å². The van der Waals surface area contributed by atoms with Crippen molar-refractivity contribution >= 4 is 11.9 Å². The quantitative estimate of drug-likeness (QED) is 0.596. The van der Waals surface area contributed by atoms with Crippen molar-refractivity contribution in [2.75, 3.05) is 6.54 Å². The maximum atomic E-state index is 11.5. The average molecular weight is 269 g/mol. The molecule has 0 aliphatic heterocycles. The monoisotopic (exact) mass is 269 g/mol. The van der Waals surface area contributed by atoms with Crippen LogP contribution in [0.15, 0.2) is 21.7 Å². The second kappa shape index (κ2) is 6.53. The number of carboxylic acids is 1. The number of hydrogen-bond acceptors (Lipinski definition) is 4. The lowest BCUT2D eigenvalue weighted by atomic mass is 10.1. The van der Waals surface area contributed by atoms with Crippen molar-refractivity contribution in [3.63, 3.8) is 0 Å². The van der Waals surface area contributed by atoms with Gasteiger partial charge in [-0.3, -0.25) is 24.3 Å². The van der Waals surface area contributed by atoms with E-state index in [1.807, 2.05) is 0 Å². The first-order valence-corrected chi connectivity index (χ1v) is 5.70. The number of nitrogens with zero attached hydrogens (tertiary/aromatic N) is 1. The summed E-state index contributed by atoms with van der Waals surface area (Å²) in [5, 5.41) is 13.3. The normalized spacial score (nSPS) is 11.8. The smallest absolute Gasteiger partial charge is 0.306 e. The predicted octanol–water partition coefficient (Wildman–Crippen LogP) is -1.24. The van der Waals surface area contributed by atoms with Gasteiger partial charge < -0.3 is 10.4 Å². The number of H-pyrrole nitrogens is 1. The molecule has 1 heterocycles. The van der Waals surface area contributed by atoms with E-state index < -0.39 is 28.9 Å². The van der Waals surface area contributed by atoms with Crippen molar-refractivity contribution in [1.29, 1.82) is 0 Å². The third kappa shape index (κ3) is 4.78. The molecule has 1 rings (SSSR count). The number of carbonyl (C=O) groups excluding carboxylic acids is 1. The van der Waals surface area contributed by atoms with Crippen LogP contribution in [0.3, 0.4) is 0 Å². The summed E-state index contributed by atoms with van der Waals surface area (Å²) in [6.45, 7) is 1.42. The van der Waals surface area contributed by atoms with Crippen LogP contribution in [0.5, 0.6) is 0 Å². The Morgan fingerprint density at radius 2 is 2.11 bits per heavy atom. The van der Waals surface area contributed by atoms with Gasteiger partial charge in [0.1, 0.15) is 6.54 Å². The molecule has 0 spiro atoms. The van der Waals surface area contributed by atoms with Gasteiger partial charge in [-0.2, -0.15) is 0 Å². The maximum Gasteiger partial charge on any atom is 0.306 e. The molecule has 1 amide bonds. The van der Waals surface area contributed by atoms with Crippen molar-refractivity contribution in [2.45, 2.75) is 19.9 Å². The Hall–Kier alpha value is -2.38. The molecule has 0 aromatic carbocycles. The molecule has 0 saturated carbocycles. The maximum absolute atomic E-state index is 11.5. The third-order valence-corrected chi connectivity index (χ3v) is 2.51. The van der Waals surface area contributed by atoms with E-state index >= 15 is 0 Å². The molecule has 0 radical (unpaired) electrons. The number of nitrogens with one attached hydrogen (secondary N) is 2. The Balaban J connectivity index is 2.48. The van der Waals surface area contributed by atoms with Crippen LogP contribution in [0.4, 0.5) is 0 Å². The van der Waals surface area contributed by atoms with E-state index in [1.165, 1.54) is 6.92 Å². The molecule has 104 valence electrons. The Morgan fingerprint density at radius 3 is 2.74 bits per heavy atom. The van der Waals surface area contributed by atoms with E-state index in [1.54, 1.807) is 0 Å². The molecule has 1 aromatic heterocycles. The van der Waals surface area contributed by atoms with E-state index in [0.29, 0.717) is 6.42 Å². The Bertz CT molecular complexity index is 574. The molecule has 0 saturated heterocycles. The van der Waals surface area contributed by atoms with Crippen molar-refractivity contribution in [3.8, 4) is 0 Å². The highest BCUT2D eigenvalue weighted by Crippen LogP contribution is 1.99. The summed E-state index contributed by atoms with van der Waals surface area (Å²) in [4.78, 5) is 44.3. The molecule has 0 fully saturated rings. The molecule has 0 aliphatic carbocycles. The molecule has 8 heteroatoms. The number of carbonyl (C=O) groups is 2. The zero-order valence-electron chi connectivity index (χ0n) is 10.4. The Morgan fingerprint density at radius 1 is 1.42 bits per heavy atom. The summed E-state index contributed by atoms with van der Waals surface area (Å²) in [6, 6.07) is 2.14. The first kappa shape index (κ1) is 14.7. The zero-order valence-corrected chi connectivity index (χ0v) is 10.4. The number of carboxylic acid groups (broad SMARTS) is 1. The lowest BCUT2D eigenvalue weighted by molar-refractivity contribution is -0.141. The number of amides is 1. The van der Waals surface area contributed by atoms with E-state index in [9.17, 15) is 19.2 Å². The van der Waals surface area contributed by atoms with Crippen LogP contribution in [0.1, 0.15) is 13.3 Å². The molecule has 3 N–H and O–H groups in total. The lowest BCUT2D eigenvalue weighted by Crippen LogP contribution is -2.36. The summed E-state index contributed by atoms with van der Waals surface area (Å²) in [6.07, 6.45) is 0.293. The van der Waals surface area contributed by atoms with Crippen molar-refractivity contribution < 1.29 is 14.7 Å². The topological polar surface area (TPSA) is 121 Å². The van der Waals surface area contributed by atoms with Crippen LogP contribution >= 0.6 is 0 Å². The molecule has 19 heavy (non-hydrogen) atoms. The van der Waals surface area contributed by atoms with Gasteiger partial charge >= 0.3 is 5.97 Å². The summed E-state index contributed by atoms with van der Waals surface area (Å²) in [7, 11) is 0. The number of aliphatic carboxylic acids is 1. The summed E-state index contributed by atoms with van der Waals surface area (Å²) in [5.41, 5.74) is -0.972. The molecule has 0 aliphatic rings. The number of aromatic nitrogens is 2. The molecule has 8 nitrogen and oxygen atoms in total. The fourth-order valence-corrected chi connectivity index (χ4v) is 1.33. The van der Waals surface area contributed by atoms with Gasteiger partial charge in [-0.15, -0.1) is 0 Å². The van der Waals surface area contributed by atoms with Crippen LogP contribution in [-0.2, 0) is 16.1 Å². The van der Waals surface area contributed by atoms with Crippen LogP contribution in [0, 0.1) is 5.92 Å². The van der Waals surface area contributed by atoms with Crippen LogP contribution in [0.25, 0.3) is 0 Å². The third-order valence-electron chi connectivity index (χ3n) is 2.51. The predicted molar refractivity (Wildman–Crippen MR) is 65.7 cm³/mol. The van der Waals surface area contributed by atoms with E-state index in [0.717, 1.165) is 16.8 Å². The summed E-state index contributed by atoms with van der Waals surface area (Å²) >= 11 is 0. The number of rotatable bonds is 6. The first-order chi connectivity index (χ1) is 8.90. The number of aromatic amines is 1. The molecule has 1 unspecified atom stereocenters. The standard InChI is InChI=1S/C11H15N3O5/c1-7(11(18)19)4-5-12-9(16)6-14-10(17)3-2-8(15)13-14/h2-3,7H,4-6H2,1H3,(H,12,16)(H,13,15)(H,18,19). The average Bonchev–Trinajstić information content (AvgIpc) is 2.33.